The number of rotatable bonds is 9. The van der Waals surface area contributed by atoms with E-state index >= 15 is 0 Å². The fourth-order valence-corrected chi connectivity index (χ4v) is 2.55. The third-order valence-electron chi connectivity index (χ3n) is 3.78. The smallest absolute Gasteiger partial charge is 0.283 e. The Morgan fingerprint density at radius 1 is 1.39 bits per heavy atom. The lowest BCUT2D eigenvalue weighted by molar-refractivity contribution is -0.385. The minimum Gasteiger partial charge on any atom is -0.349 e. The maximum absolute atomic E-state index is 12.2. The molecule has 1 unspecified atom stereocenters. The number of hydrogen-bond acceptors (Lipinski definition) is 4. The number of carbonyl (C=O) groups excluding carboxylic acids is 1. The first-order valence-electron chi connectivity index (χ1n) is 7.86. The quantitative estimate of drug-likeness (QED) is 0.551. The van der Waals surface area contributed by atoms with Crippen molar-refractivity contribution in [3.63, 3.8) is 0 Å². The molecule has 7 heteroatoms. The van der Waals surface area contributed by atoms with Crippen LogP contribution >= 0.6 is 11.6 Å². The molecule has 1 rings (SSSR count). The molecule has 0 aliphatic heterocycles. The van der Waals surface area contributed by atoms with Gasteiger partial charge in [0.2, 0.25) is 0 Å². The topological polar surface area (TPSA) is 75.5 Å². The van der Waals surface area contributed by atoms with E-state index in [4.69, 9.17) is 11.6 Å². The van der Waals surface area contributed by atoms with Crippen LogP contribution in [0, 0.1) is 10.1 Å². The molecule has 0 bridgehead atoms. The minimum absolute atomic E-state index is 0.0370. The van der Waals surface area contributed by atoms with Crippen LogP contribution < -0.4 is 5.32 Å². The number of amides is 1. The fourth-order valence-electron chi connectivity index (χ4n) is 2.38. The van der Waals surface area contributed by atoms with E-state index in [0.717, 1.165) is 32.5 Å². The van der Waals surface area contributed by atoms with Crippen molar-refractivity contribution in [3.8, 4) is 0 Å². The zero-order valence-corrected chi connectivity index (χ0v) is 14.6. The molecule has 0 aliphatic carbocycles. The van der Waals surface area contributed by atoms with Crippen molar-refractivity contribution in [2.45, 2.75) is 39.7 Å². The van der Waals surface area contributed by atoms with E-state index in [2.05, 4.69) is 24.1 Å². The Bertz CT molecular complexity index is 547. The van der Waals surface area contributed by atoms with Crippen molar-refractivity contribution >= 4 is 23.2 Å². The van der Waals surface area contributed by atoms with Crippen LogP contribution in [0.3, 0.4) is 0 Å². The van der Waals surface area contributed by atoms with Gasteiger partial charge in [-0.15, -0.1) is 0 Å². The molecule has 0 spiro atoms. The Morgan fingerprint density at radius 2 is 2.04 bits per heavy atom. The van der Waals surface area contributed by atoms with E-state index < -0.39 is 10.8 Å². The van der Waals surface area contributed by atoms with E-state index in [1.54, 1.807) is 0 Å². The van der Waals surface area contributed by atoms with E-state index in [-0.39, 0.29) is 22.3 Å². The number of nitrogens with zero attached hydrogens (tertiary/aromatic N) is 2. The summed E-state index contributed by atoms with van der Waals surface area (Å²) in [7, 11) is 0. The van der Waals surface area contributed by atoms with Crippen LogP contribution in [-0.2, 0) is 0 Å². The fraction of sp³-hybridized carbons (Fsp3) is 0.562. The largest absolute Gasteiger partial charge is 0.349 e. The molecule has 1 aromatic rings. The predicted octanol–water partition coefficient (Wildman–Crippen LogP) is 3.49. The maximum atomic E-state index is 12.2. The molecule has 0 fully saturated rings. The lowest BCUT2D eigenvalue weighted by Gasteiger charge is -2.19. The molecule has 0 saturated carbocycles. The third kappa shape index (κ3) is 6.15. The Balaban J connectivity index is 2.60. The number of hydrogen-bond donors (Lipinski definition) is 1. The van der Waals surface area contributed by atoms with Gasteiger partial charge in [-0.3, -0.25) is 14.9 Å². The van der Waals surface area contributed by atoms with Crippen LogP contribution in [0.1, 0.15) is 44.0 Å². The van der Waals surface area contributed by atoms with Gasteiger partial charge in [0.1, 0.15) is 5.56 Å². The van der Waals surface area contributed by atoms with E-state index in [9.17, 15) is 14.9 Å². The zero-order valence-electron chi connectivity index (χ0n) is 13.8. The number of nitrogens with one attached hydrogen (secondary N) is 1. The number of carbonyl (C=O) groups is 1. The summed E-state index contributed by atoms with van der Waals surface area (Å²) in [5.74, 6) is -0.441. The van der Waals surface area contributed by atoms with Crippen molar-refractivity contribution in [2.75, 3.05) is 19.6 Å². The first-order chi connectivity index (χ1) is 10.9. The SMILES string of the molecule is CCN(CC)CCCC(C)NC(=O)c1ccc(Cl)cc1[N+](=O)[O-]. The molecule has 0 radical (unpaired) electrons. The highest BCUT2D eigenvalue weighted by atomic mass is 35.5. The summed E-state index contributed by atoms with van der Waals surface area (Å²) in [6.07, 6.45) is 1.79. The highest BCUT2D eigenvalue weighted by Gasteiger charge is 2.21. The summed E-state index contributed by atoms with van der Waals surface area (Å²) < 4.78 is 0. The number of nitro groups is 1. The Hall–Kier alpha value is -1.66. The summed E-state index contributed by atoms with van der Waals surface area (Å²) in [5.41, 5.74) is -0.236. The molecule has 128 valence electrons. The second kappa shape index (κ2) is 9.47. The van der Waals surface area contributed by atoms with Gasteiger partial charge in [0.25, 0.3) is 11.6 Å². The summed E-state index contributed by atoms with van der Waals surface area (Å²) in [5, 5.41) is 14.1. The average molecular weight is 342 g/mol. The number of benzene rings is 1. The normalized spacial score (nSPS) is 12.2. The average Bonchev–Trinajstić information content (AvgIpc) is 2.51. The molecular weight excluding hydrogens is 318 g/mol. The maximum Gasteiger partial charge on any atom is 0.283 e. The van der Waals surface area contributed by atoms with Crippen molar-refractivity contribution < 1.29 is 9.72 Å². The highest BCUT2D eigenvalue weighted by molar-refractivity contribution is 6.31. The van der Waals surface area contributed by atoms with E-state index in [0.29, 0.717) is 0 Å². The molecule has 0 saturated heterocycles. The van der Waals surface area contributed by atoms with Gasteiger partial charge >= 0.3 is 0 Å². The van der Waals surface area contributed by atoms with Gasteiger partial charge in [0.15, 0.2) is 0 Å². The lowest BCUT2D eigenvalue weighted by atomic mass is 10.1. The van der Waals surface area contributed by atoms with Crippen LogP contribution in [0.2, 0.25) is 5.02 Å². The Labute approximate surface area is 142 Å². The lowest BCUT2D eigenvalue weighted by Crippen LogP contribution is -2.34. The molecule has 1 aromatic carbocycles. The summed E-state index contributed by atoms with van der Waals surface area (Å²) in [4.78, 5) is 25.0. The third-order valence-corrected chi connectivity index (χ3v) is 4.02. The van der Waals surface area contributed by atoms with Crippen LogP contribution in [0.15, 0.2) is 18.2 Å². The van der Waals surface area contributed by atoms with Crippen LogP contribution in [0.4, 0.5) is 5.69 Å². The highest BCUT2D eigenvalue weighted by Crippen LogP contribution is 2.23. The van der Waals surface area contributed by atoms with Crippen molar-refractivity contribution in [1.29, 1.82) is 0 Å². The number of halogens is 1. The van der Waals surface area contributed by atoms with Gasteiger partial charge in [-0.05, 0) is 51.5 Å². The van der Waals surface area contributed by atoms with Crippen LogP contribution in [-0.4, -0.2) is 41.4 Å². The predicted molar refractivity (Wildman–Crippen MR) is 92.1 cm³/mol. The Morgan fingerprint density at radius 3 is 2.61 bits per heavy atom. The second-order valence-corrected chi connectivity index (χ2v) is 5.90. The van der Waals surface area contributed by atoms with E-state index in [1.807, 2.05) is 6.92 Å². The first kappa shape index (κ1) is 19.4. The van der Waals surface area contributed by atoms with Gasteiger partial charge in [0, 0.05) is 17.1 Å². The molecule has 0 aromatic heterocycles. The molecular formula is C16H24ClN3O3. The molecule has 0 heterocycles. The Kier molecular flexibility index (Phi) is 7.98. The van der Waals surface area contributed by atoms with Crippen LogP contribution in [0.25, 0.3) is 0 Å². The number of nitro benzene ring substituents is 1. The van der Waals surface area contributed by atoms with Gasteiger partial charge in [0.05, 0.1) is 4.92 Å². The molecule has 1 atom stereocenters. The van der Waals surface area contributed by atoms with Gasteiger partial charge < -0.3 is 10.2 Å². The van der Waals surface area contributed by atoms with Gasteiger partial charge in [-0.25, -0.2) is 0 Å². The van der Waals surface area contributed by atoms with Crippen molar-refractivity contribution in [3.05, 3.63) is 38.9 Å². The minimum atomic E-state index is -0.591. The molecule has 1 N–H and O–H groups in total. The van der Waals surface area contributed by atoms with E-state index in [1.165, 1.54) is 18.2 Å². The van der Waals surface area contributed by atoms with Crippen LogP contribution in [0.5, 0.6) is 0 Å². The van der Waals surface area contributed by atoms with Crippen molar-refractivity contribution in [2.24, 2.45) is 0 Å². The van der Waals surface area contributed by atoms with Gasteiger partial charge in [-0.1, -0.05) is 25.4 Å². The summed E-state index contributed by atoms with van der Waals surface area (Å²) in [6, 6.07) is 4.02. The monoisotopic (exact) mass is 341 g/mol. The molecule has 1 amide bonds. The molecule has 6 nitrogen and oxygen atoms in total. The van der Waals surface area contributed by atoms with Crippen molar-refractivity contribution in [1.82, 2.24) is 10.2 Å². The second-order valence-electron chi connectivity index (χ2n) is 5.46. The van der Waals surface area contributed by atoms with Gasteiger partial charge in [-0.2, -0.15) is 0 Å². The molecule has 23 heavy (non-hydrogen) atoms. The standard InChI is InChI=1S/C16H24ClN3O3/c1-4-19(5-2)10-6-7-12(3)18-16(21)14-9-8-13(17)11-15(14)20(22)23/h8-9,11-12H,4-7,10H2,1-3H3,(H,18,21). The summed E-state index contributed by atoms with van der Waals surface area (Å²) in [6.45, 7) is 9.14. The first-order valence-corrected chi connectivity index (χ1v) is 8.24. The molecule has 0 aliphatic rings. The zero-order chi connectivity index (χ0) is 17.4. The summed E-state index contributed by atoms with van der Waals surface area (Å²) >= 11 is 5.76.